The molecule has 0 saturated carbocycles. The minimum atomic E-state index is -5.05. The quantitative estimate of drug-likeness (QED) is 0.597. The van der Waals surface area contributed by atoms with Crippen LogP contribution in [-0.4, -0.2) is 11.3 Å². The number of alkyl halides is 5. The van der Waals surface area contributed by atoms with Crippen molar-refractivity contribution in [2.24, 2.45) is 0 Å². The van der Waals surface area contributed by atoms with Gasteiger partial charge in [-0.2, -0.15) is 5.26 Å². The third kappa shape index (κ3) is 3.94. The molecule has 3 nitrogen and oxygen atoms in total. The van der Waals surface area contributed by atoms with E-state index in [-0.39, 0.29) is 9.13 Å². The van der Waals surface area contributed by atoms with E-state index in [9.17, 15) is 22.0 Å². The summed E-state index contributed by atoms with van der Waals surface area (Å²) < 4.78 is 64.7. The van der Waals surface area contributed by atoms with E-state index in [1.54, 1.807) is 28.7 Å². The molecule has 0 amide bonds. The maximum atomic E-state index is 12.4. The largest absolute Gasteiger partial charge is 0.574 e. The first kappa shape index (κ1) is 14.9. The molecule has 1 aromatic rings. The predicted molar refractivity (Wildman–Crippen MR) is 57.9 cm³/mol. The van der Waals surface area contributed by atoms with Crippen LogP contribution in [0.2, 0.25) is 0 Å². The Hall–Kier alpha value is -1.18. The van der Waals surface area contributed by atoms with Gasteiger partial charge in [0.2, 0.25) is 5.88 Å². The van der Waals surface area contributed by atoms with Crippen LogP contribution in [0, 0.1) is 14.9 Å². The maximum absolute atomic E-state index is 12.4. The zero-order chi connectivity index (χ0) is 13.9. The molecule has 0 N–H and O–H groups in total. The molecule has 0 atom stereocenters. The van der Waals surface area contributed by atoms with Gasteiger partial charge in [-0.3, -0.25) is 0 Å². The van der Waals surface area contributed by atoms with Crippen molar-refractivity contribution in [3.8, 4) is 11.9 Å². The van der Waals surface area contributed by atoms with Gasteiger partial charge in [-0.25, -0.2) is 13.8 Å². The van der Waals surface area contributed by atoms with E-state index < -0.39 is 30.8 Å². The Morgan fingerprint density at radius 2 is 2.06 bits per heavy atom. The zero-order valence-electron chi connectivity index (χ0n) is 8.43. The van der Waals surface area contributed by atoms with Crippen LogP contribution >= 0.6 is 22.6 Å². The molecule has 9 heteroatoms. The molecular weight excluding hydrogens is 374 g/mol. The summed E-state index contributed by atoms with van der Waals surface area (Å²) in [4.78, 5) is 3.09. The second kappa shape index (κ2) is 5.64. The van der Waals surface area contributed by atoms with Crippen LogP contribution in [0.5, 0.6) is 5.88 Å². The molecule has 0 aliphatic rings. The fraction of sp³-hybridized carbons (Fsp3) is 0.333. The van der Waals surface area contributed by atoms with Gasteiger partial charge in [-0.1, -0.05) is 0 Å². The number of nitrogens with zero attached hydrogens (tertiary/aromatic N) is 2. The van der Waals surface area contributed by atoms with Crippen LogP contribution < -0.4 is 4.74 Å². The molecule has 0 spiro atoms. The number of hydrogen-bond donors (Lipinski definition) is 0. The summed E-state index contributed by atoms with van der Waals surface area (Å²) in [5.74, 6) is -1.01. The van der Waals surface area contributed by atoms with Crippen molar-refractivity contribution < 1.29 is 26.7 Å². The number of nitriles is 1. The van der Waals surface area contributed by atoms with Crippen molar-refractivity contribution in [2.45, 2.75) is 19.2 Å². The van der Waals surface area contributed by atoms with Crippen LogP contribution in [0.4, 0.5) is 22.0 Å². The van der Waals surface area contributed by atoms with Gasteiger partial charge in [0.15, 0.2) is 0 Å². The lowest BCUT2D eigenvalue weighted by molar-refractivity contribution is -0.276. The Morgan fingerprint density at radius 3 is 2.50 bits per heavy atom. The highest BCUT2D eigenvalue weighted by atomic mass is 127. The first-order valence-electron chi connectivity index (χ1n) is 4.34. The van der Waals surface area contributed by atoms with Crippen molar-refractivity contribution in [1.29, 1.82) is 5.26 Å². The Kier molecular flexibility index (Phi) is 4.66. The molecular formula is C9H4F5IN2O. The first-order valence-corrected chi connectivity index (χ1v) is 5.42. The molecule has 0 radical (unpaired) electrons. The van der Waals surface area contributed by atoms with E-state index in [2.05, 4.69) is 9.72 Å². The van der Waals surface area contributed by atoms with Crippen molar-refractivity contribution in [2.75, 3.05) is 0 Å². The second-order valence-electron chi connectivity index (χ2n) is 3.00. The van der Waals surface area contributed by atoms with E-state index in [0.29, 0.717) is 0 Å². The van der Waals surface area contributed by atoms with Gasteiger partial charge < -0.3 is 4.74 Å². The molecule has 1 heterocycles. The SMILES string of the molecule is N#CCc1c(I)cc(C(F)F)nc1OC(F)(F)F. The molecule has 0 bridgehead atoms. The Balaban J connectivity index is 3.29. The van der Waals surface area contributed by atoms with Gasteiger partial charge in [0.1, 0.15) is 5.69 Å². The fourth-order valence-electron chi connectivity index (χ4n) is 1.08. The minimum absolute atomic E-state index is 0.0682. The van der Waals surface area contributed by atoms with Gasteiger partial charge >= 0.3 is 6.36 Å². The van der Waals surface area contributed by atoms with Crippen molar-refractivity contribution in [1.82, 2.24) is 4.98 Å². The topological polar surface area (TPSA) is 45.9 Å². The second-order valence-corrected chi connectivity index (χ2v) is 4.16. The molecule has 1 rings (SSSR count). The molecule has 0 aliphatic heterocycles. The Morgan fingerprint density at radius 1 is 1.44 bits per heavy atom. The maximum Gasteiger partial charge on any atom is 0.574 e. The fourth-order valence-corrected chi connectivity index (χ4v) is 1.82. The molecule has 0 saturated heterocycles. The lowest BCUT2D eigenvalue weighted by atomic mass is 10.2. The molecule has 0 aliphatic carbocycles. The number of rotatable bonds is 3. The Bertz CT molecular complexity index is 483. The first-order chi connectivity index (χ1) is 8.24. The monoisotopic (exact) mass is 378 g/mol. The smallest absolute Gasteiger partial charge is 0.387 e. The van der Waals surface area contributed by atoms with Gasteiger partial charge in [-0.15, -0.1) is 13.2 Å². The number of aromatic nitrogens is 1. The molecule has 98 valence electrons. The number of halogens is 6. The lowest BCUT2D eigenvalue weighted by Gasteiger charge is -2.13. The van der Waals surface area contributed by atoms with Crippen molar-refractivity contribution in [3.05, 3.63) is 20.9 Å². The molecule has 1 aromatic heterocycles. The van der Waals surface area contributed by atoms with Crippen LogP contribution in [0.15, 0.2) is 6.07 Å². The normalized spacial score (nSPS) is 11.4. The number of ether oxygens (including phenoxy) is 1. The number of hydrogen-bond acceptors (Lipinski definition) is 3. The highest BCUT2D eigenvalue weighted by molar-refractivity contribution is 14.1. The average Bonchev–Trinajstić information content (AvgIpc) is 2.20. The summed E-state index contributed by atoms with van der Waals surface area (Å²) >= 11 is 1.55. The van der Waals surface area contributed by atoms with E-state index in [1.807, 2.05) is 0 Å². The molecule has 18 heavy (non-hydrogen) atoms. The summed E-state index contributed by atoms with van der Waals surface area (Å²) in [7, 11) is 0. The molecule has 0 aromatic carbocycles. The van der Waals surface area contributed by atoms with Crippen LogP contribution in [0.3, 0.4) is 0 Å². The van der Waals surface area contributed by atoms with Crippen molar-refractivity contribution >= 4 is 22.6 Å². The minimum Gasteiger partial charge on any atom is -0.387 e. The Labute approximate surface area is 112 Å². The lowest BCUT2D eigenvalue weighted by Crippen LogP contribution is -2.20. The third-order valence-corrected chi connectivity index (χ3v) is 2.71. The van der Waals surface area contributed by atoms with Crippen LogP contribution in [0.1, 0.15) is 17.7 Å². The van der Waals surface area contributed by atoms with Gasteiger partial charge in [0.25, 0.3) is 6.43 Å². The van der Waals surface area contributed by atoms with Gasteiger partial charge in [-0.05, 0) is 28.7 Å². The molecule has 0 unspecified atom stereocenters. The van der Waals surface area contributed by atoms with Gasteiger partial charge in [0, 0.05) is 9.13 Å². The average molecular weight is 378 g/mol. The highest BCUT2D eigenvalue weighted by Gasteiger charge is 2.34. The zero-order valence-corrected chi connectivity index (χ0v) is 10.6. The summed E-state index contributed by atoms with van der Waals surface area (Å²) in [5, 5.41) is 8.48. The van der Waals surface area contributed by atoms with E-state index in [4.69, 9.17) is 5.26 Å². The van der Waals surface area contributed by atoms with E-state index >= 15 is 0 Å². The van der Waals surface area contributed by atoms with E-state index in [1.165, 1.54) is 0 Å². The van der Waals surface area contributed by atoms with Crippen LogP contribution in [0.25, 0.3) is 0 Å². The summed E-state index contributed by atoms with van der Waals surface area (Å²) in [6, 6.07) is 2.54. The van der Waals surface area contributed by atoms with Gasteiger partial charge in [0.05, 0.1) is 12.5 Å². The van der Waals surface area contributed by atoms with Crippen molar-refractivity contribution in [3.63, 3.8) is 0 Å². The van der Waals surface area contributed by atoms with E-state index in [0.717, 1.165) is 6.07 Å². The summed E-state index contributed by atoms with van der Waals surface area (Å²) in [6.45, 7) is 0. The standard InChI is InChI=1S/C9H4F5IN2O/c10-7(11)6-3-5(15)4(1-2-16)8(17-6)18-9(12,13)14/h3,7H,1H2. The predicted octanol–water partition coefficient (Wildman–Crippen LogP) is 3.59. The summed E-state index contributed by atoms with van der Waals surface area (Å²) in [5.41, 5.74) is -1.000. The summed E-state index contributed by atoms with van der Waals surface area (Å²) in [6.07, 6.45) is -8.49. The van der Waals surface area contributed by atoms with Crippen LogP contribution in [-0.2, 0) is 6.42 Å². The highest BCUT2D eigenvalue weighted by Crippen LogP contribution is 2.31. The molecule has 0 fully saturated rings. The number of pyridine rings is 1. The third-order valence-electron chi connectivity index (χ3n) is 1.74.